The zero-order valence-electron chi connectivity index (χ0n) is 12.9. The van der Waals surface area contributed by atoms with E-state index in [0.29, 0.717) is 18.7 Å². The minimum atomic E-state index is -0.478. The van der Waals surface area contributed by atoms with Crippen molar-refractivity contribution in [3.8, 4) is 0 Å². The van der Waals surface area contributed by atoms with Gasteiger partial charge in [-0.1, -0.05) is 18.2 Å². The van der Waals surface area contributed by atoms with Gasteiger partial charge in [-0.2, -0.15) is 0 Å². The molecule has 0 radical (unpaired) electrons. The van der Waals surface area contributed by atoms with Crippen molar-refractivity contribution in [1.82, 2.24) is 10.6 Å². The second-order valence-corrected chi connectivity index (χ2v) is 5.76. The number of ether oxygens (including phenoxy) is 1. The van der Waals surface area contributed by atoms with E-state index in [-0.39, 0.29) is 5.91 Å². The Morgan fingerprint density at radius 1 is 1.00 bits per heavy atom. The summed E-state index contributed by atoms with van der Waals surface area (Å²) in [5, 5.41) is 5.53. The first-order valence-corrected chi connectivity index (χ1v) is 7.18. The van der Waals surface area contributed by atoms with Gasteiger partial charge in [-0.3, -0.25) is 4.79 Å². The number of carbonyl (C=O) groups is 2. The van der Waals surface area contributed by atoms with E-state index >= 15 is 0 Å². The van der Waals surface area contributed by atoms with Gasteiger partial charge in [0.05, 0.1) is 0 Å². The number of hydrogen-bond acceptors (Lipinski definition) is 3. The van der Waals surface area contributed by atoms with E-state index in [1.165, 1.54) is 0 Å². The van der Waals surface area contributed by atoms with Crippen LogP contribution in [-0.4, -0.2) is 30.7 Å². The van der Waals surface area contributed by atoms with Crippen molar-refractivity contribution < 1.29 is 14.3 Å². The Kier molecular flexibility index (Phi) is 6.72. The van der Waals surface area contributed by atoms with Crippen LogP contribution < -0.4 is 10.6 Å². The van der Waals surface area contributed by atoms with E-state index in [0.717, 1.165) is 12.8 Å². The monoisotopic (exact) mass is 292 g/mol. The van der Waals surface area contributed by atoms with Crippen molar-refractivity contribution in [3.63, 3.8) is 0 Å². The van der Waals surface area contributed by atoms with Crippen LogP contribution in [0.25, 0.3) is 0 Å². The van der Waals surface area contributed by atoms with E-state index in [4.69, 9.17) is 4.74 Å². The summed E-state index contributed by atoms with van der Waals surface area (Å²) in [4.78, 5) is 23.1. The fourth-order valence-corrected chi connectivity index (χ4v) is 1.65. The molecule has 1 aromatic carbocycles. The average Bonchev–Trinajstić information content (AvgIpc) is 2.41. The number of nitrogens with one attached hydrogen (secondary N) is 2. The Hall–Kier alpha value is -2.04. The topological polar surface area (TPSA) is 67.4 Å². The van der Waals surface area contributed by atoms with E-state index < -0.39 is 11.7 Å². The molecule has 0 fully saturated rings. The summed E-state index contributed by atoms with van der Waals surface area (Å²) in [7, 11) is 0. The van der Waals surface area contributed by atoms with Crippen molar-refractivity contribution in [2.45, 2.75) is 39.2 Å². The molecule has 0 aliphatic rings. The molecule has 0 heterocycles. The quantitative estimate of drug-likeness (QED) is 0.792. The van der Waals surface area contributed by atoms with Gasteiger partial charge < -0.3 is 15.4 Å². The first-order valence-electron chi connectivity index (χ1n) is 7.18. The van der Waals surface area contributed by atoms with E-state index in [1.807, 2.05) is 39.0 Å². The maximum Gasteiger partial charge on any atom is 0.407 e. The number of carbonyl (C=O) groups excluding carboxylic acids is 2. The van der Waals surface area contributed by atoms with Crippen molar-refractivity contribution >= 4 is 12.0 Å². The Morgan fingerprint density at radius 3 is 2.14 bits per heavy atom. The van der Waals surface area contributed by atoms with Crippen LogP contribution in [0.5, 0.6) is 0 Å². The molecule has 1 aromatic rings. The molecular formula is C16H24N2O3. The third-order valence-electron chi connectivity index (χ3n) is 2.59. The molecule has 0 saturated carbocycles. The van der Waals surface area contributed by atoms with Gasteiger partial charge in [0.2, 0.25) is 0 Å². The minimum absolute atomic E-state index is 0.0734. The molecule has 0 unspecified atom stereocenters. The Morgan fingerprint density at radius 2 is 1.57 bits per heavy atom. The van der Waals surface area contributed by atoms with Gasteiger partial charge in [-0.05, 0) is 45.7 Å². The standard InChI is InChI=1S/C16H24N2O3/c1-16(2,3)21-15(20)18-12-8-7-11-17-14(19)13-9-5-4-6-10-13/h4-6,9-10H,7-8,11-12H2,1-3H3,(H,17,19)(H,18,20). The highest BCUT2D eigenvalue weighted by Gasteiger charge is 2.15. The summed E-state index contributed by atoms with van der Waals surface area (Å²) in [6, 6.07) is 9.09. The smallest absolute Gasteiger partial charge is 0.407 e. The lowest BCUT2D eigenvalue weighted by molar-refractivity contribution is 0.0526. The molecular weight excluding hydrogens is 268 g/mol. The van der Waals surface area contributed by atoms with Gasteiger partial charge >= 0.3 is 6.09 Å². The lowest BCUT2D eigenvalue weighted by atomic mass is 10.2. The maximum absolute atomic E-state index is 11.7. The van der Waals surface area contributed by atoms with Gasteiger partial charge in [-0.25, -0.2) is 4.79 Å². The van der Waals surface area contributed by atoms with Gasteiger partial charge in [0.25, 0.3) is 5.91 Å². The summed E-state index contributed by atoms with van der Waals surface area (Å²) >= 11 is 0. The predicted octanol–water partition coefficient (Wildman–Crippen LogP) is 2.72. The number of alkyl carbamates (subject to hydrolysis) is 1. The van der Waals surface area contributed by atoms with Gasteiger partial charge in [-0.15, -0.1) is 0 Å². The molecule has 0 bridgehead atoms. The van der Waals surface area contributed by atoms with Crippen molar-refractivity contribution in [3.05, 3.63) is 35.9 Å². The lowest BCUT2D eigenvalue weighted by Crippen LogP contribution is -2.33. The summed E-state index contributed by atoms with van der Waals surface area (Å²) in [6.45, 7) is 6.60. The predicted molar refractivity (Wildman–Crippen MR) is 82.2 cm³/mol. The molecule has 0 saturated heterocycles. The second kappa shape index (κ2) is 8.29. The van der Waals surface area contributed by atoms with E-state index in [2.05, 4.69) is 10.6 Å². The third kappa shape index (κ3) is 7.97. The molecule has 2 N–H and O–H groups in total. The number of benzene rings is 1. The fourth-order valence-electron chi connectivity index (χ4n) is 1.65. The van der Waals surface area contributed by atoms with E-state index in [1.54, 1.807) is 12.1 Å². The van der Waals surface area contributed by atoms with Crippen LogP contribution in [0, 0.1) is 0 Å². The zero-order valence-corrected chi connectivity index (χ0v) is 12.9. The molecule has 0 aromatic heterocycles. The van der Waals surface area contributed by atoms with Crippen molar-refractivity contribution in [2.75, 3.05) is 13.1 Å². The molecule has 0 aliphatic heterocycles. The first-order chi connectivity index (χ1) is 9.88. The highest BCUT2D eigenvalue weighted by atomic mass is 16.6. The second-order valence-electron chi connectivity index (χ2n) is 5.76. The van der Waals surface area contributed by atoms with Crippen LogP contribution in [0.4, 0.5) is 4.79 Å². The largest absolute Gasteiger partial charge is 0.444 e. The third-order valence-corrected chi connectivity index (χ3v) is 2.59. The number of hydrogen-bond donors (Lipinski definition) is 2. The van der Waals surface area contributed by atoms with Gasteiger partial charge in [0.1, 0.15) is 5.60 Å². The summed E-state index contributed by atoms with van der Waals surface area (Å²) in [6.07, 6.45) is 1.18. The molecule has 21 heavy (non-hydrogen) atoms. The Balaban J connectivity index is 2.07. The van der Waals surface area contributed by atoms with Crippen LogP contribution in [0.3, 0.4) is 0 Å². The summed E-state index contributed by atoms with van der Waals surface area (Å²) < 4.78 is 5.12. The molecule has 116 valence electrons. The zero-order chi connectivity index (χ0) is 15.7. The van der Waals surface area contributed by atoms with Crippen molar-refractivity contribution in [1.29, 1.82) is 0 Å². The van der Waals surface area contributed by atoms with E-state index in [9.17, 15) is 9.59 Å². The molecule has 5 heteroatoms. The molecule has 5 nitrogen and oxygen atoms in total. The van der Waals surface area contributed by atoms with Crippen LogP contribution in [0.2, 0.25) is 0 Å². The Labute approximate surface area is 126 Å². The maximum atomic E-state index is 11.7. The summed E-state index contributed by atoms with van der Waals surface area (Å²) in [5.41, 5.74) is 0.178. The Bertz CT molecular complexity index is 452. The molecule has 1 rings (SSSR count). The lowest BCUT2D eigenvalue weighted by Gasteiger charge is -2.19. The van der Waals surface area contributed by atoms with Crippen LogP contribution in [-0.2, 0) is 4.74 Å². The van der Waals surface area contributed by atoms with Crippen LogP contribution in [0.15, 0.2) is 30.3 Å². The fraction of sp³-hybridized carbons (Fsp3) is 0.500. The van der Waals surface area contributed by atoms with Crippen LogP contribution >= 0.6 is 0 Å². The number of rotatable bonds is 6. The first kappa shape index (κ1) is 17.0. The number of unbranched alkanes of at least 4 members (excludes halogenated alkanes) is 1. The molecule has 0 spiro atoms. The van der Waals surface area contributed by atoms with Gasteiger partial charge in [0.15, 0.2) is 0 Å². The summed E-state index contributed by atoms with van der Waals surface area (Å²) in [5.74, 6) is -0.0734. The molecule has 2 amide bonds. The molecule has 0 aliphatic carbocycles. The molecule has 0 atom stereocenters. The highest BCUT2D eigenvalue weighted by Crippen LogP contribution is 2.06. The van der Waals surface area contributed by atoms with Crippen LogP contribution in [0.1, 0.15) is 44.0 Å². The van der Waals surface area contributed by atoms with Gasteiger partial charge in [0, 0.05) is 18.7 Å². The average molecular weight is 292 g/mol. The normalized spacial score (nSPS) is 10.8. The number of amides is 2. The van der Waals surface area contributed by atoms with Crippen molar-refractivity contribution in [2.24, 2.45) is 0 Å². The highest BCUT2D eigenvalue weighted by molar-refractivity contribution is 5.94. The minimum Gasteiger partial charge on any atom is -0.444 e. The SMILES string of the molecule is CC(C)(C)OC(=O)NCCCCNC(=O)c1ccccc1.